The topological polar surface area (TPSA) is 70.0 Å². The number of likely N-dealkylation sites (tertiary alicyclic amines) is 1. The molecule has 28 heavy (non-hydrogen) atoms. The van der Waals surface area contributed by atoms with Crippen LogP contribution in [0.25, 0.3) is 11.8 Å². The van der Waals surface area contributed by atoms with Crippen molar-refractivity contribution in [3.8, 4) is 0 Å². The van der Waals surface area contributed by atoms with Crippen LogP contribution in [0.1, 0.15) is 28.2 Å². The molecule has 0 bridgehead atoms. The summed E-state index contributed by atoms with van der Waals surface area (Å²) in [6.07, 6.45) is 3.68. The molecule has 1 atom stereocenters. The number of fused-ring (bicyclic) bond motifs is 2. The number of nitrogens with zero attached hydrogens (tertiary/aromatic N) is 1. The summed E-state index contributed by atoms with van der Waals surface area (Å²) in [5.41, 5.74) is -0.378. The zero-order chi connectivity index (χ0) is 19.9. The van der Waals surface area contributed by atoms with Gasteiger partial charge in [-0.25, -0.2) is 0 Å². The number of hydrogen-bond acceptors (Lipinski definition) is 5. The number of aliphatic carboxylic acids is 1. The van der Waals surface area contributed by atoms with Gasteiger partial charge in [0.2, 0.25) is 0 Å². The molecule has 0 saturated carbocycles. The lowest BCUT2D eigenvalue weighted by Gasteiger charge is -2.39. The van der Waals surface area contributed by atoms with Crippen molar-refractivity contribution >= 4 is 29.1 Å². The van der Waals surface area contributed by atoms with Crippen molar-refractivity contribution in [1.82, 2.24) is 4.90 Å². The van der Waals surface area contributed by atoms with E-state index >= 15 is 0 Å². The lowest BCUT2D eigenvalue weighted by Crippen LogP contribution is -2.42. The Hall–Kier alpha value is -2.15. The van der Waals surface area contributed by atoms with E-state index in [1.165, 1.54) is 11.3 Å². The summed E-state index contributed by atoms with van der Waals surface area (Å²) in [6.45, 7) is 1.87. The predicted octanol–water partition coefficient (Wildman–Crippen LogP) is 1.50. The van der Waals surface area contributed by atoms with Gasteiger partial charge in [-0.05, 0) is 56.3 Å². The fourth-order valence-electron chi connectivity index (χ4n) is 4.40. The molecule has 2 heterocycles. The monoisotopic (exact) mass is 399 g/mol. The highest BCUT2D eigenvalue weighted by Crippen LogP contribution is 2.44. The van der Waals surface area contributed by atoms with Crippen LogP contribution in [0.4, 0.5) is 0 Å². The third-order valence-corrected chi connectivity index (χ3v) is 7.01. The van der Waals surface area contributed by atoms with Crippen LogP contribution in [-0.4, -0.2) is 48.3 Å². The first-order valence-electron chi connectivity index (χ1n) is 9.55. The molecule has 148 valence electrons. The van der Waals surface area contributed by atoms with Crippen molar-refractivity contribution in [1.29, 1.82) is 0 Å². The molecule has 1 fully saturated rings. The highest BCUT2D eigenvalue weighted by Gasteiger charge is 2.42. The van der Waals surface area contributed by atoms with Crippen molar-refractivity contribution in [2.75, 3.05) is 27.2 Å². The number of benzene rings is 1. The molecule has 0 radical (unpaired) electrons. The second-order valence-corrected chi connectivity index (χ2v) is 8.83. The molecule has 0 amide bonds. The number of ether oxygens (including phenoxy) is 1. The van der Waals surface area contributed by atoms with Crippen molar-refractivity contribution in [3.63, 3.8) is 0 Å². The van der Waals surface area contributed by atoms with E-state index < -0.39 is 11.6 Å². The molecule has 2 N–H and O–H groups in total. The van der Waals surface area contributed by atoms with Crippen molar-refractivity contribution in [2.24, 2.45) is 5.92 Å². The van der Waals surface area contributed by atoms with E-state index in [1.807, 2.05) is 36.4 Å². The number of methoxy groups -OCH3 is 1. The van der Waals surface area contributed by atoms with E-state index in [0.29, 0.717) is 5.76 Å². The Labute approximate surface area is 168 Å². The van der Waals surface area contributed by atoms with Gasteiger partial charge in [-0.2, -0.15) is 0 Å². The van der Waals surface area contributed by atoms with Gasteiger partial charge in [-0.3, -0.25) is 4.79 Å². The van der Waals surface area contributed by atoms with Crippen LogP contribution in [-0.2, 0) is 21.6 Å². The molecular weight excluding hydrogens is 374 g/mol. The summed E-state index contributed by atoms with van der Waals surface area (Å²) in [7, 11) is 3.73. The molecule has 0 spiro atoms. The van der Waals surface area contributed by atoms with E-state index in [9.17, 15) is 15.0 Å². The molecule has 1 aromatic carbocycles. The number of carboxylic acid groups (broad SMARTS) is 1. The SMILES string of the molecule is COC1=c2ccccc2=CC(O)(C2CCN(C)CC2)c2cc(CC(=O)O)sc21. The summed E-state index contributed by atoms with van der Waals surface area (Å²) in [6, 6.07) is 9.78. The van der Waals surface area contributed by atoms with Crippen LogP contribution in [0.3, 0.4) is 0 Å². The molecule has 1 aromatic heterocycles. The maximum Gasteiger partial charge on any atom is 0.308 e. The Morgan fingerprint density at radius 3 is 2.71 bits per heavy atom. The number of thiophene rings is 1. The highest BCUT2D eigenvalue weighted by molar-refractivity contribution is 7.13. The van der Waals surface area contributed by atoms with E-state index in [-0.39, 0.29) is 12.3 Å². The van der Waals surface area contributed by atoms with E-state index in [1.54, 1.807) is 7.11 Å². The number of rotatable bonds is 4. The van der Waals surface area contributed by atoms with Gasteiger partial charge >= 0.3 is 5.97 Å². The van der Waals surface area contributed by atoms with Gasteiger partial charge in [0, 0.05) is 15.7 Å². The fraction of sp³-hybridized carbons (Fsp3) is 0.409. The summed E-state index contributed by atoms with van der Waals surface area (Å²) in [5, 5.41) is 23.2. The average Bonchev–Trinajstić information content (AvgIpc) is 3.03. The van der Waals surface area contributed by atoms with E-state index in [2.05, 4.69) is 11.9 Å². The smallest absolute Gasteiger partial charge is 0.308 e. The Balaban J connectivity index is 1.96. The summed E-state index contributed by atoms with van der Waals surface area (Å²) < 4.78 is 5.78. The normalized spacial score (nSPS) is 22.8. The largest absolute Gasteiger partial charge is 0.495 e. The van der Waals surface area contributed by atoms with Crippen LogP contribution in [0.2, 0.25) is 0 Å². The highest BCUT2D eigenvalue weighted by atomic mass is 32.1. The van der Waals surface area contributed by atoms with Gasteiger partial charge < -0.3 is 19.8 Å². The van der Waals surface area contributed by atoms with Crippen molar-refractivity contribution < 1.29 is 19.7 Å². The summed E-state index contributed by atoms with van der Waals surface area (Å²) in [4.78, 5) is 15.1. The number of carboxylic acids is 1. The number of piperidine rings is 1. The standard InChI is InChI=1S/C22H25NO4S/c1-23-9-7-15(8-10-23)22(26)13-14-5-3-4-6-17(14)20(27-2)21-18(22)11-16(28-21)12-19(24)25/h3-6,11,13,15,26H,7-10,12H2,1-2H3,(H,24,25). The van der Waals surface area contributed by atoms with Crippen LogP contribution >= 0.6 is 11.3 Å². The Morgan fingerprint density at radius 2 is 2.04 bits per heavy atom. The van der Waals surface area contributed by atoms with Gasteiger partial charge in [0.25, 0.3) is 0 Å². The molecule has 1 unspecified atom stereocenters. The van der Waals surface area contributed by atoms with Crippen LogP contribution in [0.15, 0.2) is 30.3 Å². The average molecular weight is 400 g/mol. The third kappa shape index (κ3) is 3.26. The summed E-state index contributed by atoms with van der Waals surface area (Å²) in [5.74, 6) is -0.103. The molecular formula is C22H25NO4S. The van der Waals surface area contributed by atoms with E-state index in [0.717, 1.165) is 51.7 Å². The molecule has 2 aliphatic rings. The van der Waals surface area contributed by atoms with Crippen LogP contribution < -0.4 is 10.4 Å². The maximum atomic E-state index is 12.0. The van der Waals surface area contributed by atoms with Crippen molar-refractivity contribution in [3.05, 3.63) is 56.1 Å². The Bertz CT molecular complexity index is 1020. The van der Waals surface area contributed by atoms with Gasteiger partial charge in [0.05, 0.1) is 18.4 Å². The first-order valence-corrected chi connectivity index (χ1v) is 10.4. The zero-order valence-electron chi connectivity index (χ0n) is 16.1. The molecule has 6 heteroatoms. The van der Waals surface area contributed by atoms with Crippen LogP contribution in [0, 0.1) is 5.92 Å². The first kappa shape index (κ1) is 19.2. The molecule has 1 saturated heterocycles. The van der Waals surface area contributed by atoms with Gasteiger partial charge in [0.15, 0.2) is 0 Å². The first-order chi connectivity index (χ1) is 13.4. The minimum absolute atomic E-state index is 0.0558. The van der Waals surface area contributed by atoms with E-state index in [4.69, 9.17) is 4.74 Å². The fourth-order valence-corrected chi connectivity index (χ4v) is 5.65. The minimum Gasteiger partial charge on any atom is -0.495 e. The molecule has 1 aliphatic carbocycles. The Kier molecular flexibility index (Phi) is 5.04. The number of aliphatic hydroxyl groups is 1. The molecule has 1 aliphatic heterocycles. The quantitative estimate of drug-likeness (QED) is 0.816. The Morgan fingerprint density at radius 1 is 1.32 bits per heavy atom. The lowest BCUT2D eigenvalue weighted by molar-refractivity contribution is -0.136. The third-order valence-electron chi connectivity index (χ3n) is 5.87. The predicted molar refractivity (Wildman–Crippen MR) is 109 cm³/mol. The second kappa shape index (κ2) is 7.35. The van der Waals surface area contributed by atoms with Gasteiger partial charge in [0.1, 0.15) is 11.4 Å². The van der Waals surface area contributed by atoms with Crippen molar-refractivity contribution in [2.45, 2.75) is 24.9 Å². The number of carbonyl (C=O) groups is 1. The second-order valence-electron chi connectivity index (χ2n) is 7.69. The maximum absolute atomic E-state index is 12.0. The molecule has 2 aromatic rings. The van der Waals surface area contributed by atoms with Gasteiger partial charge in [-0.15, -0.1) is 11.3 Å². The zero-order valence-corrected chi connectivity index (χ0v) is 17.0. The molecule has 5 nitrogen and oxygen atoms in total. The minimum atomic E-state index is -1.15. The molecule has 4 rings (SSSR count). The number of hydrogen-bond donors (Lipinski definition) is 2. The van der Waals surface area contributed by atoms with Gasteiger partial charge in [-0.1, -0.05) is 24.3 Å². The summed E-state index contributed by atoms with van der Waals surface area (Å²) >= 11 is 1.41. The lowest BCUT2D eigenvalue weighted by atomic mass is 9.75. The van der Waals surface area contributed by atoms with Crippen LogP contribution in [0.5, 0.6) is 0 Å².